The number of aromatic nitrogens is 1. The van der Waals surface area contributed by atoms with Crippen LogP contribution in [-0.2, 0) is 0 Å². The zero-order valence-electron chi connectivity index (χ0n) is 6.47. The number of anilines is 1. The van der Waals surface area contributed by atoms with Gasteiger partial charge >= 0.3 is 0 Å². The first kappa shape index (κ1) is 8.01. The summed E-state index contributed by atoms with van der Waals surface area (Å²) >= 11 is 5.02. The summed E-state index contributed by atoms with van der Waals surface area (Å²) in [6.07, 6.45) is 0. The molecule has 1 aromatic heterocycles. The van der Waals surface area contributed by atoms with Crippen LogP contribution in [0, 0.1) is 6.92 Å². The SMILES string of the molecule is Cc1ccc2nc(N)sc2c1Br. The van der Waals surface area contributed by atoms with Crippen molar-refractivity contribution in [2.45, 2.75) is 6.92 Å². The molecule has 0 atom stereocenters. The van der Waals surface area contributed by atoms with Gasteiger partial charge in [0.2, 0.25) is 0 Å². The van der Waals surface area contributed by atoms with Gasteiger partial charge in [-0.15, -0.1) is 0 Å². The van der Waals surface area contributed by atoms with Gasteiger partial charge in [0.05, 0.1) is 10.2 Å². The summed E-state index contributed by atoms with van der Waals surface area (Å²) in [6.45, 7) is 2.05. The van der Waals surface area contributed by atoms with Gasteiger partial charge in [-0.3, -0.25) is 0 Å². The van der Waals surface area contributed by atoms with E-state index >= 15 is 0 Å². The van der Waals surface area contributed by atoms with Gasteiger partial charge in [0.15, 0.2) is 5.13 Å². The average molecular weight is 243 g/mol. The maximum absolute atomic E-state index is 5.60. The Kier molecular flexibility index (Phi) is 1.81. The Hall–Kier alpha value is -0.610. The normalized spacial score (nSPS) is 10.8. The highest BCUT2D eigenvalue weighted by atomic mass is 79.9. The minimum Gasteiger partial charge on any atom is -0.375 e. The molecule has 62 valence electrons. The highest BCUT2D eigenvalue weighted by Gasteiger charge is 2.05. The maximum atomic E-state index is 5.60. The first-order chi connectivity index (χ1) is 5.68. The summed E-state index contributed by atoms with van der Waals surface area (Å²) in [5.41, 5.74) is 7.78. The van der Waals surface area contributed by atoms with E-state index in [1.165, 1.54) is 16.9 Å². The fraction of sp³-hybridized carbons (Fsp3) is 0.125. The van der Waals surface area contributed by atoms with E-state index in [-0.39, 0.29) is 0 Å². The molecule has 1 aromatic carbocycles. The summed E-state index contributed by atoms with van der Waals surface area (Å²) in [5, 5.41) is 0.622. The molecule has 0 saturated heterocycles. The smallest absolute Gasteiger partial charge is 0.181 e. The minimum absolute atomic E-state index is 0.622. The Morgan fingerprint density at radius 1 is 1.50 bits per heavy atom. The lowest BCUT2D eigenvalue weighted by molar-refractivity contribution is 1.44. The van der Waals surface area contributed by atoms with Crippen molar-refractivity contribution in [2.75, 3.05) is 5.73 Å². The predicted octanol–water partition coefficient (Wildman–Crippen LogP) is 2.95. The van der Waals surface area contributed by atoms with E-state index in [4.69, 9.17) is 5.73 Å². The third-order valence-electron chi connectivity index (χ3n) is 1.71. The van der Waals surface area contributed by atoms with Crippen LogP contribution in [0.3, 0.4) is 0 Å². The number of benzene rings is 1. The molecule has 0 aliphatic rings. The van der Waals surface area contributed by atoms with E-state index in [1.54, 1.807) is 0 Å². The Balaban J connectivity index is 2.89. The molecular weight excluding hydrogens is 236 g/mol. The van der Waals surface area contributed by atoms with Crippen molar-refractivity contribution < 1.29 is 0 Å². The van der Waals surface area contributed by atoms with Crippen LogP contribution in [0.2, 0.25) is 0 Å². The first-order valence-corrected chi connectivity index (χ1v) is 5.10. The number of nitrogens with two attached hydrogens (primary N) is 1. The summed E-state index contributed by atoms with van der Waals surface area (Å²) in [4.78, 5) is 4.18. The van der Waals surface area contributed by atoms with Crippen LogP contribution in [-0.4, -0.2) is 4.98 Å². The van der Waals surface area contributed by atoms with Crippen molar-refractivity contribution in [3.63, 3.8) is 0 Å². The molecule has 2 N–H and O–H groups in total. The summed E-state index contributed by atoms with van der Waals surface area (Å²) < 4.78 is 2.24. The highest BCUT2D eigenvalue weighted by molar-refractivity contribution is 9.10. The summed E-state index contributed by atoms with van der Waals surface area (Å²) in [6, 6.07) is 4.02. The second-order valence-electron chi connectivity index (χ2n) is 2.60. The van der Waals surface area contributed by atoms with Gasteiger partial charge in [-0.2, -0.15) is 0 Å². The van der Waals surface area contributed by atoms with Crippen molar-refractivity contribution >= 4 is 42.6 Å². The van der Waals surface area contributed by atoms with Crippen molar-refractivity contribution in [1.82, 2.24) is 4.98 Å². The van der Waals surface area contributed by atoms with Gasteiger partial charge in [0.25, 0.3) is 0 Å². The molecule has 2 aromatic rings. The maximum Gasteiger partial charge on any atom is 0.181 e. The molecule has 2 rings (SSSR count). The number of aryl methyl sites for hydroxylation is 1. The number of hydrogen-bond acceptors (Lipinski definition) is 3. The third kappa shape index (κ3) is 1.11. The molecule has 0 saturated carbocycles. The van der Waals surface area contributed by atoms with E-state index in [0.717, 1.165) is 14.7 Å². The Morgan fingerprint density at radius 3 is 3.00 bits per heavy atom. The number of fused-ring (bicyclic) bond motifs is 1. The number of rotatable bonds is 0. The molecule has 2 nitrogen and oxygen atoms in total. The number of nitrogens with zero attached hydrogens (tertiary/aromatic N) is 1. The van der Waals surface area contributed by atoms with Crippen LogP contribution in [0.15, 0.2) is 16.6 Å². The topological polar surface area (TPSA) is 38.9 Å². The standard InChI is InChI=1S/C8H7BrN2S/c1-4-2-3-5-7(6(4)9)12-8(10)11-5/h2-3H,1H3,(H2,10,11). The molecule has 4 heteroatoms. The van der Waals surface area contributed by atoms with Crippen molar-refractivity contribution in [2.24, 2.45) is 0 Å². The van der Waals surface area contributed by atoms with E-state index in [0.29, 0.717) is 5.13 Å². The molecule has 0 radical (unpaired) electrons. The van der Waals surface area contributed by atoms with Crippen molar-refractivity contribution in [1.29, 1.82) is 0 Å². The fourth-order valence-electron chi connectivity index (χ4n) is 1.08. The Bertz CT molecular complexity index is 436. The van der Waals surface area contributed by atoms with E-state index in [2.05, 4.69) is 27.8 Å². The predicted molar refractivity (Wildman–Crippen MR) is 56.5 cm³/mol. The van der Waals surface area contributed by atoms with Crippen LogP contribution < -0.4 is 5.73 Å². The molecule has 0 fully saturated rings. The lowest BCUT2D eigenvalue weighted by atomic mass is 10.2. The molecular formula is C8H7BrN2S. The highest BCUT2D eigenvalue weighted by Crippen LogP contribution is 2.32. The Labute approximate surface area is 82.5 Å². The fourth-order valence-corrected chi connectivity index (χ4v) is 2.48. The van der Waals surface area contributed by atoms with Gasteiger partial charge < -0.3 is 5.73 Å². The first-order valence-electron chi connectivity index (χ1n) is 3.49. The van der Waals surface area contributed by atoms with Gasteiger partial charge in [-0.25, -0.2) is 4.98 Å². The van der Waals surface area contributed by atoms with Crippen LogP contribution in [0.25, 0.3) is 10.2 Å². The van der Waals surface area contributed by atoms with Crippen molar-refractivity contribution in [3.05, 3.63) is 22.2 Å². The van der Waals surface area contributed by atoms with E-state index in [9.17, 15) is 0 Å². The number of halogens is 1. The second kappa shape index (κ2) is 2.71. The van der Waals surface area contributed by atoms with Crippen LogP contribution in [0.1, 0.15) is 5.56 Å². The number of nitrogen functional groups attached to an aromatic ring is 1. The van der Waals surface area contributed by atoms with Crippen LogP contribution in [0.5, 0.6) is 0 Å². The van der Waals surface area contributed by atoms with E-state index in [1.807, 2.05) is 12.1 Å². The third-order valence-corrected chi connectivity index (χ3v) is 3.91. The van der Waals surface area contributed by atoms with Gasteiger partial charge in [-0.1, -0.05) is 17.4 Å². The molecule has 0 aliphatic heterocycles. The molecule has 12 heavy (non-hydrogen) atoms. The molecule has 0 bridgehead atoms. The summed E-state index contributed by atoms with van der Waals surface area (Å²) in [7, 11) is 0. The summed E-state index contributed by atoms with van der Waals surface area (Å²) in [5.74, 6) is 0. The monoisotopic (exact) mass is 242 g/mol. The van der Waals surface area contributed by atoms with Crippen LogP contribution in [0.4, 0.5) is 5.13 Å². The number of hydrogen-bond donors (Lipinski definition) is 1. The van der Waals surface area contributed by atoms with Gasteiger partial charge in [-0.05, 0) is 34.5 Å². The lowest BCUT2D eigenvalue weighted by Crippen LogP contribution is -1.79. The Morgan fingerprint density at radius 2 is 2.25 bits per heavy atom. The zero-order valence-corrected chi connectivity index (χ0v) is 8.87. The number of thiazole rings is 1. The van der Waals surface area contributed by atoms with E-state index < -0.39 is 0 Å². The van der Waals surface area contributed by atoms with Crippen LogP contribution >= 0.6 is 27.3 Å². The quantitative estimate of drug-likeness (QED) is 0.772. The van der Waals surface area contributed by atoms with Gasteiger partial charge in [0.1, 0.15) is 0 Å². The zero-order chi connectivity index (χ0) is 8.72. The van der Waals surface area contributed by atoms with Gasteiger partial charge in [0, 0.05) is 4.47 Å². The molecule has 0 unspecified atom stereocenters. The second-order valence-corrected chi connectivity index (χ2v) is 4.42. The average Bonchev–Trinajstić information content (AvgIpc) is 2.39. The molecule has 0 aliphatic carbocycles. The lowest BCUT2D eigenvalue weighted by Gasteiger charge is -1.95. The molecule has 0 amide bonds. The largest absolute Gasteiger partial charge is 0.375 e. The minimum atomic E-state index is 0.622. The molecule has 0 spiro atoms. The van der Waals surface area contributed by atoms with Crippen molar-refractivity contribution in [3.8, 4) is 0 Å². The molecule has 1 heterocycles.